The molecule has 1 heterocycles. The van der Waals surface area contributed by atoms with Crippen LogP contribution in [0.1, 0.15) is 27.2 Å². The molecule has 0 spiro atoms. The van der Waals surface area contributed by atoms with Gasteiger partial charge in [-0.15, -0.1) is 0 Å². The molecule has 0 bridgehead atoms. The van der Waals surface area contributed by atoms with Crippen molar-refractivity contribution in [3.05, 3.63) is 0 Å². The molecule has 0 aromatic rings. The first-order chi connectivity index (χ1) is 6.29. The zero-order valence-electron chi connectivity index (χ0n) is 9.16. The zero-order valence-corrected chi connectivity index (χ0v) is 9.97. The van der Waals surface area contributed by atoms with E-state index >= 15 is 0 Å². The molecule has 0 aliphatic carbocycles. The average Bonchev–Trinajstić information content (AvgIpc) is 2.45. The van der Waals surface area contributed by atoms with E-state index in [2.05, 4.69) is 13.8 Å². The van der Waals surface area contributed by atoms with Crippen LogP contribution in [0.15, 0.2) is 0 Å². The normalized spacial score (nSPS) is 25.1. The lowest BCUT2D eigenvalue weighted by Crippen LogP contribution is -2.40. The first-order valence-electron chi connectivity index (χ1n) is 4.99. The van der Waals surface area contributed by atoms with Gasteiger partial charge in [0.1, 0.15) is 0 Å². The van der Waals surface area contributed by atoms with E-state index in [0.717, 1.165) is 6.42 Å². The summed E-state index contributed by atoms with van der Waals surface area (Å²) in [5, 5.41) is -0.462. The minimum atomic E-state index is -3.15. The maximum atomic E-state index is 11.9. The lowest BCUT2D eigenvalue weighted by Gasteiger charge is -2.22. The first-order valence-corrected chi connectivity index (χ1v) is 6.49. The molecular formula is C9H20N2O2S. The van der Waals surface area contributed by atoms with Crippen molar-refractivity contribution < 1.29 is 8.42 Å². The van der Waals surface area contributed by atoms with Gasteiger partial charge in [-0.1, -0.05) is 13.8 Å². The molecule has 0 aromatic carbocycles. The summed E-state index contributed by atoms with van der Waals surface area (Å²) < 4.78 is 25.4. The molecule has 0 radical (unpaired) electrons. The van der Waals surface area contributed by atoms with E-state index in [-0.39, 0.29) is 12.0 Å². The maximum absolute atomic E-state index is 11.9. The highest BCUT2D eigenvalue weighted by Gasteiger charge is 2.37. The maximum Gasteiger partial charge on any atom is 0.217 e. The summed E-state index contributed by atoms with van der Waals surface area (Å²) in [5.41, 5.74) is 5.50. The Labute approximate surface area is 86.5 Å². The Morgan fingerprint density at radius 1 is 1.50 bits per heavy atom. The van der Waals surface area contributed by atoms with Crippen LogP contribution in [-0.4, -0.2) is 37.6 Å². The lowest BCUT2D eigenvalue weighted by molar-refractivity contribution is 0.373. The molecule has 1 rings (SSSR count). The van der Waals surface area contributed by atoms with Crippen LogP contribution in [0.4, 0.5) is 0 Å². The molecule has 1 fully saturated rings. The van der Waals surface area contributed by atoms with Crippen molar-refractivity contribution in [3.8, 4) is 0 Å². The van der Waals surface area contributed by atoms with Gasteiger partial charge in [-0.2, -0.15) is 0 Å². The van der Waals surface area contributed by atoms with Crippen LogP contribution in [0.2, 0.25) is 0 Å². The quantitative estimate of drug-likeness (QED) is 0.748. The van der Waals surface area contributed by atoms with Gasteiger partial charge < -0.3 is 5.73 Å². The Hall–Kier alpha value is -0.130. The second kappa shape index (κ2) is 3.79. The third-order valence-corrected chi connectivity index (χ3v) is 5.08. The summed E-state index contributed by atoms with van der Waals surface area (Å²) in [5.74, 6) is 0. The molecule has 1 unspecified atom stereocenters. The summed E-state index contributed by atoms with van der Waals surface area (Å²) in [6, 6.07) is 0. The van der Waals surface area contributed by atoms with Gasteiger partial charge in [-0.05, 0) is 18.8 Å². The molecule has 1 aliphatic heterocycles. The monoisotopic (exact) mass is 220 g/mol. The molecule has 0 amide bonds. The molecule has 84 valence electrons. The van der Waals surface area contributed by atoms with Gasteiger partial charge in [0.2, 0.25) is 10.0 Å². The number of hydrogen-bond donors (Lipinski definition) is 1. The van der Waals surface area contributed by atoms with Crippen LogP contribution in [0.25, 0.3) is 0 Å². The van der Waals surface area contributed by atoms with Gasteiger partial charge in [0.25, 0.3) is 0 Å². The third-order valence-electron chi connectivity index (χ3n) is 2.84. The summed E-state index contributed by atoms with van der Waals surface area (Å²) in [4.78, 5) is 0. The van der Waals surface area contributed by atoms with Crippen LogP contribution in [0.3, 0.4) is 0 Å². The Balaban J connectivity index is 2.77. The minimum Gasteiger partial charge on any atom is -0.329 e. The number of hydrogen-bond acceptors (Lipinski definition) is 3. The number of rotatable bonds is 3. The van der Waals surface area contributed by atoms with E-state index in [1.54, 1.807) is 11.2 Å². The molecule has 0 saturated carbocycles. The number of sulfonamides is 1. The second-order valence-electron chi connectivity index (χ2n) is 4.84. The Morgan fingerprint density at radius 3 is 2.43 bits per heavy atom. The molecule has 14 heavy (non-hydrogen) atoms. The van der Waals surface area contributed by atoms with Crippen molar-refractivity contribution in [2.24, 2.45) is 11.1 Å². The van der Waals surface area contributed by atoms with E-state index in [9.17, 15) is 8.42 Å². The molecule has 5 heteroatoms. The second-order valence-corrected chi connectivity index (χ2v) is 7.19. The fourth-order valence-electron chi connectivity index (χ4n) is 1.66. The van der Waals surface area contributed by atoms with Crippen LogP contribution in [-0.2, 0) is 10.0 Å². The highest BCUT2D eigenvalue weighted by Crippen LogP contribution is 2.31. The smallest absolute Gasteiger partial charge is 0.217 e. The fourth-order valence-corrected chi connectivity index (χ4v) is 3.28. The zero-order chi connectivity index (χ0) is 11.0. The van der Waals surface area contributed by atoms with E-state index in [1.807, 2.05) is 0 Å². The van der Waals surface area contributed by atoms with Crippen LogP contribution >= 0.6 is 0 Å². The molecule has 0 aromatic heterocycles. The van der Waals surface area contributed by atoms with Crippen molar-refractivity contribution in [3.63, 3.8) is 0 Å². The number of nitrogens with zero attached hydrogens (tertiary/aromatic N) is 1. The summed E-state index contributed by atoms with van der Waals surface area (Å²) in [7, 11) is -3.15. The predicted molar refractivity (Wildman–Crippen MR) is 57.4 cm³/mol. The van der Waals surface area contributed by atoms with Crippen molar-refractivity contribution in [1.29, 1.82) is 0 Å². The van der Waals surface area contributed by atoms with Crippen molar-refractivity contribution in [2.75, 3.05) is 19.6 Å². The van der Waals surface area contributed by atoms with Crippen molar-refractivity contribution in [1.82, 2.24) is 4.31 Å². The van der Waals surface area contributed by atoms with Gasteiger partial charge in [0.05, 0.1) is 5.25 Å². The third kappa shape index (κ3) is 2.27. The largest absolute Gasteiger partial charge is 0.329 e. The highest BCUT2D eigenvalue weighted by molar-refractivity contribution is 7.89. The fraction of sp³-hybridized carbons (Fsp3) is 1.00. The Bertz CT molecular complexity index is 298. The van der Waals surface area contributed by atoms with Gasteiger partial charge in [0.15, 0.2) is 0 Å². The molecule has 1 aliphatic rings. The molecular weight excluding hydrogens is 200 g/mol. The molecule has 2 N–H and O–H groups in total. The van der Waals surface area contributed by atoms with Crippen LogP contribution in [0.5, 0.6) is 0 Å². The van der Waals surface area contributed by atoms with E-state index in [1.165, 1.54) is 0 Å². The van der Waals surface area contributed by atoms with Gasteiger partial charge in [-0.3, -0.25) is 0 Å². The summed E-state index contributed by atoms with van der Waals surface area (Å²) >= 11 is 0. The Kier molecular flexibility index (Phi) is 3.23. The summed E-state index contributed by atoms with van der Waals surface area (Å²) in [6.07, 6.45) is 0.934. The average molecular weight is 220 g/mol. The van der Waals surface area contributed by atoms with Crippen molar-refractivity contribution >= 4 is 10.0 Å². The topological polar surface area (TPSA) is 63.4 Å². The Morgan fingerprint density at radius 2 is 2.07 bits per heavy atom. The standard InChI is InChI=1S/C9H20N2O2S/c1-8(6-10)14(12,13)11-5-4-9(2,3)7-11/h8H,4-7,10H2,1-3H3. The molecule has 1 atom stereocenters. The molecule has 4 nitrogen and oxygen atoms in total. The van der Waals surface area contributed by atoms with E-state index < -0.39 is 15.3 Å². The molecule has 1 saturated heterocycles. The first kappa shape index (κ1) is 11.9. The van der Waals surface area contributed by atoms with Gasteiger partial charge in [0, 0.05) is 19.6 Å². The highest BCUT2D eigenvalue weighted by atomic mass is 32.2. The predicted octanol–water partition coefficient (Wildman–Crippen LogP) is 0.395. The SMILES string of the molecule is CC(CN)S(=O)(=O)N1CCC(C)(C)C1. The van der Waals surface area contributed by atoms with Gasteiger partial charge in [-0.25, -0.2) is 12.7 Å². The van der Waals surface area contributed by atoms with Crippen LogP contribution < -0.4 is 5.73 Å². The van der Waals surface area contributed by atoms with E-state index in [4.69, 9.17) is 5.73 Å². The summed E-state index contributed by atoms with van der Waals surface area (Å²) in [6.45, 7) is 7.31. The van der Waals surface area contributed by atoms with Crippen molar-refractivity contribution in [2.45, 2.75) is 32.4 Å². The lowest BCUT2D eigenvalue weighted by atomic mass is 9.93. The minimum absolute atomic E-state index is 0.112. The van der Waals surface area contributed by atoms with E-state index in [0.29, 0.717) is 13.1 Å². The number of nitrogens with two attached hydrogens (primary N) is 1. The van der Waals surface area contributed by atoms with Gasteiger partial charge >= 0.3 is 0 Å². The van der Waals surface area contributed by atoms with Crippen LogP contribution in [0, 0.1) is 5.41 Å².